The third-order valence-corrected chi connectivity index (χ3v) is 3.13. The lowest BCUT2D eigenvalue weighted by Gasteiger charge is -2.17. The van der Waals surface area contributed by atoms with E-state index in [0.717, 1.165) is 24.1 Å². The molecule has 0 fully saturated rings. The fourth-order valence-electron chi connectivity index (χ4n) is 1.74. The van der Waals surface area contributed by atoms with Crippen LogP contribution in [0, 0.1) is 31.1 Å². The summed E-state index contributed by atoms with van der Waals surface area (Å²) in [5.74, 6) is 1.30. The van der Waals surface area contributed by atoms with E-state index in [1.54, 1.807) is 0 Å². The first kappa shape index (κ1) is 14.4. The van der Waals surface area contributed by atoms with Gasteiger partial charge in [-0.2, -0.15) is 10.4 Å². The fourth-order valence-corrected chi connectivity index (χ4v) is 1.74. The number of nitrogens with one attached hydrogen (secondary N) is 1. The van der Waals surface area contributed by atoms with E-state index in [-0.39, 0.29) is 0 Å². The monoisotopic (exact) mass is 246 g/mol. The van der Waals surface area contributed by atoms with Crippen LogP contribution < -0.4 is 5.32 Å². The second kappa shape index (κ2) is 6.34. The Morgan fingerprint density at radius 1 is 1.17 bits per heavy atom. The molecule has 0 saturated carbocycles. The van der Waals surface area contributed by atoms with Crippen LogP contribution >= 0.6 is 0 Å². The number of hydrogen-bond donors (Lipinski definition) is 1. The number of anilines is 1. The molecule has 1 heterocycles. The SMILES string of the molecule is Cc1nnc(NC(C)CCC(C)C)c(C#N)c1C. The quantitative estimate of drug-likeness (QED) is 0.866. The molecule has 0 aliphatic carbocycles. The van der Waals surface area contributed by atoms with Crippen LogP contribution in [0.25, 0.3) is 0 Å². The van der Waals surface area contributed by atoms with E-state index in [0.29, 0.717) is 23.3 Å². The summed E-state index contributed by atoms with van der Waals surface area (Å²) < 4.78 is 0. The van der Waals surface area contributed by atoms with Gasteiger partial charge in [-0.25, -0.2) is 0 Å². The Morgan fingerprint density at radius 3 is 2.39 bits per heavy atom. The molecular formula is C14H22N4. The minimum Gasteiger partial charge on any atom is -0.365 e. The molecule has 0 aromatic carbocycles. The topological polar surface area (TPSA) is 61.6 Å². The first-order valence-corrected chi connectivity index (χ1v) is 6.46. The average molecular weight is 246 g/mol. The fraction of sp³-hybridized carbons (Fsp3) is 0.643. The van der Waals surface area contributed by atoms with Gasteiger partial charge in [0.1, 0.15) is 11.6 Å². The van der Waals surface area contributed by atoms with E-state index < -0.39 is 0 Å². The zero-order chi connectivity index (χ0) is 13.7. The first-order chi connectivity index (χ1) is 8.45. The van der Waals surface area contributed by atoms with Crippen molar-refractivity contribution in [3.8, 4) is 6.07 Å². The van der Waals surface area contributed by atoms with Gasteiger partial charge in [-0.1, -0.05) is 13.8 Å². The highest BCUT2D eigenvalue weighted by Gasteiger charge is 2.13. The van der Waals surface area contributed by atoms with Crippen LogP contribution in [0.5, 0.6) is 0 Å². The maximum Gasteiger partial charge on any atom is 0.167 e. The van der Waals surface area contributed by atoms with Crippen LogP contribution in [-0.4, -0.2) is 16.2 Å². The molecule has 1 N–H and O–H groups in total. The summed E-state index contributed by atoms with van der Waals surface area (Å²) in [4.78, 5) is 0. The van der Waals surface area contributed by atoms with Crippen LogP contribution in [0.3, 0.4) is 0 Å². The molecular weight excluding hydrogens is 224 g/mol. The van der Waals surface area contributed by atoms with Gasteiger partial charge in [0.05, 0.1) is 5.69 Å². The zero-order valence-corrected chi connectivity index (χ0v) is 11.9. The molecule has 98 valence electrons. The highest BCUT2D eigenvalue weighted by molar-refractivity contribution is 5.56. The number of rotatable bonds is 5. The number of nitrogens with zero attached hydrogens (tertiary/aromatic N) is 3. The Morgan fingerprint density at radius 2 is 1.83 bits per heavy atom. The predicted molar refractivity (Wildman–Crippen MR) is 73.4 cm³/mol. The van der Waals surface area contributed by atoms with Gasteiger partial charge in [0, 0.05) is 6.04 Å². The second-order valence-corrected chi connectivity index (χ2v) is 5.26. The van der Waals surface area contributed by atoms with E-state index in [1.807, 2.05) is 13.8 Å². The molecule has 18 heavy (non-hydrogen) atoms. The van der Waals surface area contributed by atoms with Gasteiger partial charge in [0.15, 0.2) is 5.82 Å². The van der Waals surface area contributed by atoms with Crippen LogP contribution in [0.15, 0.2) is 0 Å². The summed E-state index contributed by atoms with van der Waals surface area (Å²) in [7, 11) is 0. The largest absolute Gasteiger partial charge is 0.365 e. The summed E-state index contributed by atoms with van der Waals surface area (Å²) in [5.41, 5.74) is 2.33. The average Bonchev–Trinajstić information content (AvgIpc) is 2.32. The lowest BCUT2D eigenvalue weighted by atomic mass is 10.0. The first-order valence-electron chi connectivity index (χ1n) is 6.46. The van der Waals surface area contributed by atoms with Crippen LogP contribution in [0.1, 0.15) is 50.4 Å². The Bertz CT molecular complexity index is 446. The van der Waals surface area contributed by atoms with Crippen LogP contribution in [-0.2, 0) is 0 Å². The molecule has 1 aromatic heterocycles. The van der Waals surface area contributed by atoms with Crippen molar-refractivity contribution in [2.45, 2.75) is 53.5 Å². The zero-order valence-electron chi connectivity index (χ0n) is 11.9. The van der Waals surface area contributed by atoms with Crippen molar-refractivity contribution in [1.29, 1.82) is 5.26 Å². The van der Waals surface area contributed by atoms with Gasteiger partial charge in [0.2, 0.25) is 0 Å². The Balaban J connectivity index is 2.79. The molecule has 0 saturated heterocycles. The minimum absolute atomic E-state index is 0.302. The Labute approximate surface area is 109 Å². The van der Waals surface area contributed by atoms with Crippen LogP contribution in [0.2, 0.25) is 0 Å². The molecule has 0 bridgehead atoms. The Hall–Kier alpha value is -1.63. The van der Waals surface area contributed by atoms with Gasteiger partial charge in [-0.05, 0) is 45.1 Å². The summed E-state index contributed by atoms with van der Waals surface area (Å²) in [6.45, 7) is 10.3. The highest BCUT2D eigenvalue weighted by atomic mass is 15.2. The lowest BCUT2D eigenvalue weighted by Crippen LogP contribution is -2.18. The summed E-state index contributed by atoms with van der Waals surface area (Å²) >= 11 is 0. The highest BCUT2D eigenvalue weighted by Crippen LogP contribution is 2.19. The summed E-state index contributed by atoms with van der Waals surface area (Å²) in [6, 6.07) is 2.51. The standard InChI is InChI=1S/C14H22N4/c1-9(2)6-7-10(3)16-14-13(8-15)11(4)12(5)17-18-14/h9-10H,6-7H2,1-5H3,(H,16,18). The maximum atomic E-state index is 9.20. The molecule has 0 aliphatic heterocycles. The Kier molecular flexibility index (Phi) is 5.08. The van der Waals surface area contributed by atoms with Crippen molar-refractivity contribution >= 4 is 5.82 Å². The van der Waals surface area contributed by atoms with Crippen molar-refractivity contribution in [3.05, 3.63) is 16.8 Å². The molecule has 4 heteroatoms. The van der Waals surface area contributed by atoms with E-state index in [9.17, 15) is 5.26 Å². The summed E-state index contributed by atoms with van der Waals surface area (Å²) in [5, 5.41) is 20.7. The molecule has 0 amide bonds. The van der Waals surface area contributed by atoms with E-state index >= 15 is 0 Å². The third-order valence-electron chi connectivity index (χ3n) is 3.13. The van der Waals surface area contributed by atoms with E-state index in [1.165, 1.54) is 0 Å². The van der Waals surface area contributed by atoms with Crippen molar-refractivity contribution in [1.82, 2.24) is 10.2 Å². The molecule has 0 spiro atoms. The number of nitriles is 1. The number of hydrogen-bond acceptors (Lipinski definition) is 4. The van der Waals surface area contributed by atoms with Gasteiger partial charge >= 0.3 is 0 Å². The molecule has 0 radical (unpaired) electrons. The van der Waals surface area contributed by atoms with Gasteiger partial charge in [-0.15, -0.1) is 5.10 Å². The van der Waals surface area contributed by atoms with Crippen molar-refractivity contribution in [2.24, 2.45) is 5.92 Å². The lowest BCUT2D eigenvalue weighted by molar-refractivity contribution is 0.526. The van der Waals surface area contributed by atoms with Gasteiger partial charge < -0.3 is 5.32 Å². The molecule has 1 atom stereocenters. The van der Waals surface area contributed by atoms with Crippen LogP contribution in [0.4, 0.5) is 5.82 Å². The number of aromatic nitrogens is 2. The van der Waals surface area contributed by atoms with Crippen molar-refractivity contribution in [3.63, 3.8) is 0 Å². The van der Waals surface area contributed by atoms with Gasteiger partial charge in [0.25, 0.3) is 0 Å². The maximum absolute atomic E-state index is 9.20. The molecule has 4 nitrogen and oxygen atoms in total. The third kappa shape index (κ3) is 3.69. The van der Waals surface area contributed by atoms with Crippen molar-refractivity contribution < 1.29 is 0 Å². The van der Waals surface area contributed by atoms with E-state index in [4.69, 9.17) is 0 Å². The molecule has 1 aromatic rings. The van der Waals surface area contributed by atoms with E-state index in [2.05, 4.69) is 42.4 Å². The second-order valence-electron chi connectivity index (χ2n) is 5.26. The normalized spacial score (nSPS) is 12.3. The summed E-state index contributed by atoms with van der Waals surface area (Å²) in [6.07, 6.45) is 2.23. The molecule has 1 unspecified atom stereocenters. The minimum atomic E-state index is 0.302. The smallest absolute Gasteiger partial charge is 0.167 e. The molecule has 1 rings (SSSR count). The van der Waals surface area contributed by atoms with Gasteiger partial charge in [-0.3, -0.25) is 0 Å². The predicted octanol–water partition coefficient (Wildman–Crippen LogP) is 3.20. The van der Waals surface area contributed by atoms with Crippen molar-refractivity contribution in [2.75, 3.05) is 5.32 Å². The molecule has 0 aliphatic rings. The number of aryl methyl sites for hydroxylation is 1.